The summed E-state index contributed by atoms with van der Waals surface area (Å²) in [6, 6.07) is 7.57. The first-order valence-electron chi connectivity index (χ1n) is 13.3. The minimum absolute atomic E-state index is 0.107. The fourth-order valence-corrected chi connectivity index (χ4v) is 5.58. The van der Waals surface area contributed by atoms with Gasteiger partial charge in [-0.15, -0.1) is 0 Å². The zero-order valence-electron chi connectivity index (χ0n) is 21.8. The van der Waals surface area contributed by atoms with Crippen LogP contribution in [0.5, 0.6) is 5.75 Å². The van der Waals surface area contributed by atoms with E-state index in [4.69, 9.17) is 20.2 Å². The number of unbranched alkanes of at least 4 members (excludes halogenated alkanes) is 3. The van der Waals surface area contributed by atoms with Crippen LogP contribution in [0.3, 0.4) is 0 Å². The molecule has 2 aromatic heterocycles. The van der Waals surface area contributed by atoms with Gasteiger partial charge in [0.05, 0.1) is 35.6 Å². The van der Waals surface area contributed by atoms with Crippen molar-refractivity contribution in [3.8, 4) is 17.1 Å². The van der Waals surface area contributed by atoms with Crippen molar-refractivity contribution in [2.75, 3.05) is 6.61 Å². The second kappa shape index (κ2) is 10.2. The number of primary amides is 1. The van der Waals surface area contributed by atoms with Gasteiger partial charge >= 0.3 is 5.97 Å². The Morgan fingerprint density at radius 3 is 2.68 bits per heavy atom. The van der Waals surface area contributed by atoms with E-state index in [9.17, 15) is 19.5 Å². The molecule has 2 aliphatic heterocycles. The summed E-state index contributed by atoms with van der Waals surface area (Å²) in [6.45, 7) is 4.58. The Labute approximate surface area is 220 Å². The van der Waals surface area contributed by atoms with E-state index in [0.29, 0.717) is 42.1 Å². The van der Waals surface area contributed by atoms with E-state index in [2.05, 4.69) is 6.92 Å². The maximum absolute atomic E-state index is 13.5. The molecule has 9 heteroatoms. The molecule has 1 atom stereocenters. The summed E-state index contributed by atoms with van der Waals surface area (Å²) in [6.07, 6.45) is 4.88. The Morgan fingerprint density at radius 2 is 1.95 bits per heavy atom. The second-order valence-electron chi connectivity index (χ2n) is 10.0. The van der Waals surface area contributed by atoms with Crippen LogP contribution in [-0.4, -0.2) is 33.1 Å². The molecule has 1 aromatic carbocycles. The quantitative estimate of drug-likeness (QED) is 0.242. The second-order valence-corrected chi connectivity index (χ2v) is 10.0. The lowest BCUT2D eigenvalue weighted by atomic mass is 9.86. The predicted octanol–water partition coefficient (Wildman–Crippen LogP) is 3.46. The number of nitrogens with two attached hydrogens (primary N) is 1. The molecule has 0 saturated heterocycles. The Morgan fingerprint density at radius 1 is 1.16 bits per heavy atom. The third kappa shape index (κ3) is 4.34. The Kier molecular flexibility index (Phi) is 6.96. The summed E-state index contributed by atoms with van der Waals surface area (Å²) >= 11 is 0. The number of carbonyl (C=O) groups excluding carboxylic acids is 2. The van der Waals surface area contributed by atoms with Crippen LogP contribution in [-0.2, 0) is 39.5 Å². The first-order valence-corrected chi connectivity index (χ1v) is 13.3. The number of rotatable bonds is 10. The highest BCUT2D eigenvalue weighted by Crippen LogP contribution is 2.40. The van der Waals surface area contributed by atoms with Gasteiger partial charge in [0.1, 0.15) is 12.4 Å². The molecule has 4 heterocycles. The molecule has 0 aliphatic carbocycles. The molecule has 0 radical (unpaired) electrons. The van der Waals surface area contributed by atoms with Crippen molar-refractivity contribution in [1.82, 2.24) is 9.55 Å². The highest BCUT2D eigenvalue weighted by Gasteiger charge is 2.45. The van der Waals surface area contributed by atoms with E-state index in [0.717, 1.165) is 59.9 Å². The van der Waals surface area contributed by atoms with E-state index >= 15 is 0 Å². The monoisotopic (exact) mass is 519 g/mol. The number of nitrogens with zero attached hydrogens (tertiary/aromatic N) is 2. The fraction of sp³-hybridized carbons (Fsp3) is 0.448. The average molecular weight is 520 g/mol. The van der Waals surface area contributed by atoms with Crippen molar-refractivity contribution in [3.63, 3.8) is 0 Å². The lowest BCUT2D eigenvalue weighted by molar-refractivity contribution is -0.172. The lowest BCUT2D eigenvalue weighted by Crippen LogP contribution is -2.44. The van der Waals surface area contributed by atoms with E-state index in [1.165, 1.54) is 0 Å². The summed E-state index contributed by atoms with van der Waals surface area (Å²) in [4.78, 5) is 41.6. The Hall–Kier alpha value is -3.72. The normalized spacial score (nSPS) is 17.6. The van der Waals surface area contributed by atoms with Gasteiger partial charge in [-0.3, -0.25) is 9.59 Å². The maximum atomic E-state index is 13.5. The van der Waals surface area contributed by atoms with Crippen LogP contribution >= 0.6 is 0 Å². The number of benzene rings is 1. The molecule has 0 spiro atoms. The molecule has 5 rings (SSSR count). The zero-order valence-corrected chi connectivity index (χ0v) is 21.8. The van der Waals surface area contributed by atoms with Crippen molar-refractivity contribution < 1.29 is 24.2 Å². The van der Waals surface area contributed by atoms with Crippen LogP contribution in [0.4, 0.5) is 0 Å². The lowest BCUT2D eigenvalue weighted by Gasteiger charge is -2.31. The topological polar surface area (TPSA) is 134 Å². The van der Waals surface area contributed by atoms with Crippen molar-refractivity contribution in [2.45, 2.75) is 77.5 Å². The van der Waals surface area contributed by atoms with Crippen LogP contribution in [0.1, 0.15) is 74.6 Å². The first-order chi connectivity index (χ1) is 18.3. The average Bonchev–Trinajstić information content (AvgIpc) is 3.27. The van der Waals surface area contributed by atoms with E-state index in [1.54, 1.807) is 17.6 Å². The van der Waals surface area contributed by atoms with Gasteiger partial charge in [0.15, 0.2) is 5.60 Å². The SMILES string of the molecule is CCc1c2c(nc3ccc(OCCCCCCC(N)=O)cc13)-c1cc3c(c(=O)n1C2)COC(=O)[C@]3(O)CC. The van der Waals surface area contributed by atoms with Gasteiger partial charge < -0.3 is 24.9 Å². The van der Waals surface area contributed by atoms with Gasteiger partial charge in [-0.05, 0) is 55.5 Å². The van der Waals surface area contributed by atoms with Gasteiger partial charge in [0.25, 0.3) is 5.56 Å². The van der Waals surface area contributed by atoms with Crippen molar-refractivity contribution in [1.29, 1.82) is 0 Å². The third-order valence-corrected chi connectivity index (χ3v) is 7.72. The number of pyridine rings is 2. The van der Waals surface area contributed by atoms with E-state index < -0.39 is 11.6 Å². The number of ether oxygens (including phenoxy) is 2. The highest BCUT2D eigenvalue weighted by molar-refractivity contribution is 5.90. The molecular weight excluding hydrogens is 486 g/mol. The van der Waals surface area contributed by atoms with Crippen molar-refractivity contribution in [3.05, 3.63) is 56.9 Å². The number of aryl methyl sites for hydroxylation is 1. The van der Waals surface area contributed by atoms with Crippen LogP contribution in [0, 0.1) is 0 Å². The number of amides is 1. The number of cyclic esters (lactones) is 1. The molecule has 0 unspecified atom stereocenters. The summed E-state index contributed by atoms with van der Waals surface area (Å²) in [5.41, 5.74) is 7.89. The van der Waals surface area contributed by atoms with Crippen molar-refractivity contribution >= 4 is 22.8 Å². The van der Waals surface area contributed by atoms with Gasteiger partial charge in [-0.25, -0.2) is 9.78 Å². The molecule has 3 N–H and O–H groups in total. The summed E-state index contributed by atoms with van der Waals surface area (Å²) in [5.74, 6) is -0.227. The van der Waals surface area contributed by atoms with E-state index in [1.807, 2.05) is 18.2 Å². The predicted molar refractivity (Wildman–Crippen MR) is 142 cm³/mol. The van der Waals surface area contributed by atoms with Gasteiger partial charge in [0.2, 0.25) is 5.91 Å². The van der Waals surface area contributed by atoms with Crippen LogP contribution in [0.15, 0.2) is 29.1 Å². The summed E-state index contributed by atoms with van der Waals surface area (Å²) < 4.78 is 12.8. The number of aromatic nitrogens is 2. The number of fused-ring (bicyclic) bond motifs is 5. The summed E-state index contributed by atoms with van der Waals surface area (Å²) in [7, 11) is 0. The standard InChI is InChI=1S/C29H33N3O6/c1-3-18-19-13-17(37-12-8-6-5-7-9-25(30)33)10-11-23(19)31-26-20(18)15-32-24(26)14-22-21(27(32)34)16-38-28(35)29(22,36)4-2/h10-11,13-14,36H,3-9,12,15-16H2,1-2H3,(H2,30,33)/t29-/m0/s1. The molecule has 0 fully saturated rings. The molecule has 9 nitrogen and oxygen atoms in total. The maximum Gasteiger partial charge on any atom is 0.343 e. The number of carbonyl (C=O) groups is 2. The molecule has 1 amide bonds. The first kappa shape index (κ1) is 25.9. The molecule has 0 bridgehead atoms. The molecule has 38 heavy (non-hydrogen) atoms. The smallest absolute Gasteiger partial charge is 0.343 e. The minimum Gasteiger partial charge on any atom is -0.494 e. The van der Waals surface area contributed by atoms with Crippen LogP contribution < -0.4 is 16.0 Å². The van der Waals surface area contributed by atoms with E-state index in [-0.39, 0.29) is 24.5 Å². The number of esters is 1. The zero-order chi connectivity index (χ0) is 27.0. The molecular formula is C29H33N3O6. The van der Waals surface area contributed by atoms with Gasteiger partial charge in [-0.2, -0.15) is 0 Å². The molecule has 200 valence electrons. The van der Waals surface area contributed by atoms with Crippen molar-refractivity contribution in [2.24, 2.45) is 5.73 Å². The minimum atomic E-state index is -1.84. The van der Waals surface area contributed by atoms with Crippen LogP contribution in [0.25, 0.3) is 22.3 Å². The fourth-order valence-electron chi connectivity index (χ4n) is 5.58. The van der Waals surface area contributed by atoms with Gasteiger partial charge in [0, 0.05) is 22.9 Å². The number of aliphatic hydroxyl groups is 1. The van der Waals surface area contributed by atoms with Gasteiger partial charge in [-0.1, -0.05) is 26.7 Å². The number of hydrogen-bond acceptors (Lipinski definition) is 7. The highest BCUT2D eigenvalue weighted by atomic mass is 16.6. The Bertz CT molecular complexity index is 1490. The van der Waals surface area contributed by atoms with Crippen LogP contribution in [0.2, 0.25) is 0 Å². The molecule has 2 aliphatic rings. The summed E-state index contributed by atoms with van der Waals surface area (Å²) in [5, 5.41) is 12.1. The third-order valence-electron chi connectivity index (χ3n) is 7.72. The Balaban J connectivity index is 1.45. The largest absolute Gasteiger partial charge is 0.494 e. The number of hydrogen-bond donors (Lipinski definition) is 2. The molecule has 3 aromatic rings. The molecule has 0 saturated carbocycles.